The van der Waals surface area contributed by atoms with E-state index in [1.54, 1.807) is 12.1 Å². The predicted molar refractivity (Wildman–Crippen MR) is 92.3 cm³/mol. The molecule has 0 bridgehead atoms. The second kappa shape index (κ2) is 9.64. The van der Waals surface area contributed by atoms with Gasteiger partial charge in [-0.25, -0.2) is 4.39 Å². The lowest BCUT2D eigenvalue weighted by Gasteiger charge is -2.35. The van der Waals surface area contributed by atoms with Crippen LogP contribution in [-0.4, -0.2) is 36.2 Å². The maximum atomic E-state index is 13.8. The summed E-state index contributed by atoms with van der Waals surface area (Å²) in [5.41, 5.74) is 0.627. The van der Waals surface area contributed by atoms with Gasteiger partial charge in [0, 0.05) is 37.8 Å². The second-order valence-corrected chi connectivity index (χ2v) is 5.48. The summed E-state index contributed by atoms with van der Waals surface area (Å²) in [6.07, 6.45) is 2.50. The highest BCUT2D eigenvalue weighted by molar-refractivity contribution is 9.10. The van der Waals surface area contributed by atoms with Gasteiger partial charge >= 0.3 is 0 Å². The van der Waals surface area contributed by atoms with Crippen molar-refractivity contribution in [2.45, 2.75) is 12.5 Å². The quantitative estimate of drug-likeness (QED) is 0.755. The number of phenols is 1. The molecule has 0 amide bonds. The van der Waals surface area contributed by atoms with Gasteiger partial charge in [0.25, 0.3) is 0 Å². The number of hydrogen-bond donors (Lipinski definition) is 2. The van der Waals surface area contributed by atoms with Gasteiger partial charge in [-0.1, -0.05) is 12.1 Å². The molecule has 0 unspecified atom stereocenters. The molecule has 21 heavy (non-hydrogen) atoms. The molecular formula is C14H20BrCl2FN2O. The molecule has 1 fully saturated rings. The molecule has 0 aliphatic carbocycles. The van der Waals surface area contributed by atoms with Crippen molar-refractivity contribution >= 4 is 40.7 Å². The Kier molecular flexibility index (Phi) is 9.49. The molecule has 1 aliphatic rings. The summed E-state index contributed by atoms with van der Waals surface area (Å²) in [6, 6.07) is 3.39. The zero-order chi connectivity index (χ0) is 13.8. The molecule has 1 aromatic rings. The van der Waals surface area contributed by atoms with Crippen LogP contribution in [0.2, 0.25) is 0 Å². The van der Waals surface area contributed by atoms with Gasteiger partial charge in [0.2, 0.25) is 0 Å². The van der Waals surface area contributed by atoms with Gasteiger partial charge in [-0.3, -0.25) is 4.90 Å². The summed E-state index contributed by atoms with van der Waals surface area (Å²) in [6.45, 7) is 7.35. The van der Waals surface area contributed by atoms with Crippen molar-refractivity contribution in [3.63, 3.8) is 0 Å². The van der Waals surface area contributed by atoms with Crippen molar-refractivity contribution in [3.05, 3.63) is 40.6 Å². The topological polar surface area (TPSA) is 35.5 Å². The van der Waals surface area contributed by atoms with Crippen LogP contribution in [0.3, 0.4) is 0 Å². The van der Waals surface area contributed by atoms with E-state index in [2.05, 4.69) is 32.7 Å². The highest BCUT2D eigenvalue weighted by Crippen LogP contribution is 2.36. The number of piperazine rings is 1. The first-order chi connectivity index (χ1) is 9.15. The van der Waals surface area contributed by atoms with E-state index in [4.69, 9.17) is 0 Å². The maximum absolute atomic E-state index is 13.8. The van der Waals surface area contributed by atoms with Crippen LogP contribution in [0.15, 0.2) is 29.3 Å². The van der Waals surface area contributed by atoms with Crippen molar-refractivity contribution in [2.75, 3.05) is 26.2 Å². The number of nitrogens with zero attached hydrogens (tertiary/aromatic N) is 1. The molecule has 1 aliphatic heterocycles. The normalized spacial score (nSPS) is 16.5. The van der Waals surface area contributed by atoms with E-state index in [0.29, 0.717) is 12.0 Å². The zero-order valence-corrected chi connectivity index (χ0v) is 14.7. The van der Waals surface area contributed by atoms with Crippen molar-refractivity contribution in [1.82, 2.24) is 10.2 Å². The van der Waals surface area contributed by atoms with Gasteiger partial charge in [-0.15, -0.1) is 31.4 Å². The Morgan fingerprint density at radius 2 is 2.00 bits per heavy atom. The first-order valence-electron chi connectivity index (χ1n) is 6.37. The minimum Gasteiger partial charge on any atom is -0.505 e. The molecule has 0 spiro atoms. The van der Waals surface area contributed by atoms with Crippen molar-refractivity contribution in [1.29, 1.82) is 0 Å². The van der Waals surface area contributed by atoms with E-state index in [-0.39, 0.29) is 41.1 Å². The summed E-state index contributed by atoms with van der Waals surface area (Å²) in [5, 5.41) is 13.3. The van der Waals surface area contributed by atoms with Crippen LogP contribution >= 0.6 is 40.7 Å². The van der Waals surface area contributed by atoms with Crippen LogP contribution in [-0.2, 0) is 0 Å². The standard InChI is InChI=1S/C14H18BrFN2O.2ClH/c1-2-3-12(18-8-6-17-7-9-18)10-4-5-11(15)13(16)14(10)19;;/h2,4-5,12,17,19H,1,3,6-9H2;2*1H/t12-;;/m1../s1. The van der Waals surface area contributed by atoms with E-state index in [0.717, 1.165) is 26.2 Å². The van der Waals surface area contributed by atoms with E-state index >= 15 is 0 Å². The molecule has 1 atom stereocenters. The first kappa shape index (κ1) is 20.7. The van der Waals surface area contributed by atoms with Crippen LogP contribution in [0, 0.1) is 5.82 Å². The van der Waals surface area contributed by atoms with Crippen LogP contribution in [0.25, 0.3) is 0 Å². The van der Waals surface area contributed by atoms with Gasteiger partial charge in [0.1, 0.15) is 0 Å². The third-order valence-electron chi connectivity index (χ3n) is 3.44. The average molecular weight is 402 g/mol. The molecule has 0 radical (unpaired) electrons. The predicted octanol–water partition coefficient (Wildman–Crippen LogP) is 3.66. The van der Waals surface area contributed by atoms with Crippen molar-refractivity contribution < 1.29 is 9.50 Å². The Bertz CT molecular complexity index is 471. The van der Waals surface area contributed by atoms with Crippen LogP contribution in [0.1, 0.15) is 18.0 Å². The Morgan fingerprint density at radius 3 is 2.57 bits per heavy atom. The SMILES string of the molecule is C=CC[C@H](c1ccc(Br)c(F)c1O)N1CCNCC1.Cl.Cl. The summed E-state index contributed by atoms with van der Waals surface area (Å²) in [4.78, 5) is 2.25. The molecular weight excluding hydrogens is 382 g/mol. The highest BCUT2D eigenvalue weighted by atomic mass is 79.9. The summed E-state index contributed by atoms with van der Waals surface area (Å²) in [5.74, 6) is -0.860. The van der Waals surface area contributed by atoms with Gasteiger partial charge in [-0.2, -0.15) is 0 Å². The van der Waals surface area contributed by atoms with Crippen LogP contribution < -0.4 is 5.32 Å². The van der Waals surface area contributed by atoms with E-state index in [9.17, 15) is 9.50 Å². The Labute approximate surface area is 145 Å². The monoisotopic (exact) mass is 400 g/mol. The number of nitrogens with one attached hydrogen (secondary N) is 1. The number of phenolic OH excluding ortho intramolecular Hbond substituents is 1. The first-order valence-corrected chi connectivity index (χ1v) is 7.17. The lowest BCUT2D eigenvalue weighted by Crippen LogP contribution is -2.45. The minimum atomic E-state index is -0.596. The van der Waals surface area contributed by atoms with Crippen molar-refractivity contribution in [2.24, 2.45) is 0 Å². The van der Waals surface area contributed by atoms with Crippen molar-refractivity contribution in [3.8, 4) is 5.75 Å². The fourth-order valence-electron chi connectivity index (χ4n) is 2.45. The maximum Gasteiger partial charge on any atom is 0.179 e. The molecule has 0 saturated carbocycles. The molecule has 0 aromatic heterocycles. The van der Waals surface area contributed by atoms with Gasteiger partial charge in [0.15, 0.2) is 11.6 Å². The number of halogens is 4. The van der Waals surface area contributed by atoms with Gasteiger partial charge in [-0.05, 0) is 28.4 Å². The summed E-state index contributed by atoms with van der Waals surface area (Å²) >= 11 is 3.09. The van der Waals surface area contributed by atoms with E-state index in [1.807, 2.05) is 6.08 Å². The van der Waals surface area contributed by atoms with Crippen LogP contribution in [0.5, 0.6) is 5.75 Å². The summed E-state index contributed by atoms with van der Waals surface area (Å²) < 4.78 is 14.1. The molecule has 2 rings (SSSR count). The highest BCUT2D eigenvalue weighted by Gasteiger charge is 2.25. The third kappa shape index (κ3) is 4.83. The Hall–Kier alpha value is -0.330. The average Bonchev–Trinajstić information content (AvgIpc) is 2.44. The number of benzene rings is 1. The number of hydrogen-bond acceptors (Lipinski definition) is 3. The molecule has 1 aromatic carbocycles. The second-order valence-electron chi connectivity index (χ2n) is 4.63. The smallest absolute Gasteiger partial charge is 0.179 e. The number of rotatable bonds is 4. The molecule has 1 heterocycles. The Morgan fingerprint density at radius 1 is 1.38 bits per heavy atom. The van der Waals surface area contributed by atoms with E-state index < -0.39 is 5.82 Å². The third-order valence-corrected chi connectivity index (χ3v) is 4.05. The summed E-state index contributed by atoms with van der Waals surface area (Å²) in [7, 11) is 0. The van der Waals surface area contributed by atoms with Gasteiger partial charge < -0.3 is 10.4 Å². The van der Waals surface area contributed by atoms with Gasteiger partial charge in [0.05, 0.1) is 4.47 Å². The largest absolute Gasteiger partial charge is 0.505 e. The fraction of sp³-hybridized carbons (Fsp3) is 0.429. The van der Waals surface area contributed by atoms with E-state index in [1.165, 1.54) is 0 Å². The minimum absolute atomic E-state index is 0. The van der Waals surface area contributed by atoms with Crippen LogP contribution in [0.4, 0.5) is 4.39 Å². The lowest BCUT2D eigenvalue weighted by atomic mass is 10.00. The molecule has 120 valence electrons. The molecule has 3 nitrogen and oxygen atoms in total. The molecule has 7 heteroatoms. The number of aromatic hydroxyl groups is 1. The molecule has 2 N–H and O–H groups in total. The fourth-order valence-corrected chi connectivity index (χ4v) is 2.77. The lowest BCUT2D eigenvalue weighted by molar-refractivity contribution is 0.171. The molecule has 1 saturated heterocycles. The zero-order valence-electron chi connectivity index (χ0n) is 11.5. The Balaban J connectivity index is 0.00000200.